The van der Waals surface area contributed by atoms with Crippen LogP contribution < -0.4 is 16.4 Å². The van der Waals surface area contributed by atoms with Crippen LogP contribution in [0.4, 0.5) is 4.79 Å². The highest BCUT2D eigenvalue weighted by atomic mass is 16.5. The van der Waals surface area contributed by atoms with E-state index in [1.807, 2.05) is 30.3 Å². The summed E-state index contributed by atoms with van der Waals surface area (Å²) in [6.45, 7) is 1.30. The summed E-state index contributed by atoms with van der Waals surface area (Å²) >= 11 is 0. The Bertz CT molecular complexity index is 499. The largest absolute Gasteiger partial charge is 0.375 e. The van der Waals surface area contributed by atoms with E-state index >= 15 is 0 Å². The second kappa shape index (κ2) is 7.79. The molecule has 0 atom stereocenters. The maximum absolute atomic E-state index is 11.9. The fraction of sp³-hybridized carbons (Fsp3) is 0.500. The molecule has 0 spiro atoms. The van der Waals surface area contributed by atoms with Gasteiger partial charge in [-0.25, -0.2) is 4.79 Å². The van der Waals surface area contributed by atoms with Crippen molar-refractivity contribution in [2.45, 2.75) is 37.8 Å². The van der Waals surface area contributed by atoms with Crippen molar-refractivity contribution < 1.29 is 14.3 Å². The molecule has 22 heavy (non-hydrogen) atoms. The molecule has 0 aliphatic heterocycles. The molecule has 0 heterocycles. The van der Waals surface area contributed by atoms with Crippen LogP contribution in [0.5, 0.6) is 0 Å². The molecule has 4 N–H and O–H groups in total. The zero-order chi connectivity index (χ0) is 15.8. The summed E-state index contributed by atoms with van der Waals surface area (Å²) in [6, 6.07) is 9.45. The molecule has 2 rings (SSSR count). The van der Waals surface area contributed by atoms with Crippen molar-refractivity contribution in [1.82, 2.24) is 10.6 Å². The fourth-order valence-electron chi connectivity index (χ4n) is 2.67. The highest BCUT2D eigenvalue weighted by Gasteiger charge is 2.40. The molecule has 6 nitrogen and oxygen atoms in total. The van der Waals surface area contributed by atoms with E-state index in [9.17, 15) is 9.59 Å². The Kier molecular flexibility index (Phi) is 5.77. The Hall–Kier alpha value is -2.08. The number of nitrogens with one attached hydrogen (secondary N) is 2. The van der Waals surface area contributed by atoms with Gasteiger partial charge in [-0.2, -0.15) is 0 Å². The molecule has 6 heteroatoms. The first kappa shape index (κ1) is 16.3. The SMILES string of the molecule is NC(=O)C1(NC(=O)NCCOCc2ccccc2)CCCC1. The van der Waals surface area contributed by atoms with Crippen molar-refractivity contribution >= 4 is 11.9 Å². The molecule has 0 bridgehead atoms. The first-order valence-corrected chi connectivity index (χ1v) is 7.60. The highest BCUT2D eigenvalue weighted by molar-refractivity contribution is 5.90. The monoisotopic (exact) mass is 305 g/mol. The molecule has 0 unspecified atom stereocenters. The number of nitrogens with two attached hydrogens (primary N) is 1. The average Bonchev–Trinajstić information content (AvgIpc) is 2.98. The van der Waals surface area contributed by atoms with Crippen LogP contribution in [-0.2, 0) is 16.1 Å². The van der Waals surface area contributed by atoms with E-state index in [1.54, 1.807) is 0 Å². The number of ether oxygens (including phenoxy) is 1. The molecule has 1 fully saturated rings. The van der Waals surface area contributed by atoms with Crippen LogP contribution in [0, 0.1) is 0 Å². The Morgan fingerprint density at radius 3 is 2.50 bits per heavy atom. The Balaban J connectivity index is 1.64. The van der Waals surface area contributed by atoms with Gasteiger partial charge in [0.15, 0.2) is 0 Å². The third kappa shape index (κ3) is 4.46. The lowest BCUT2D eigenvalue weighted by atomic mass is 9.97. The van der Waals surface area contributed by atoms with Crippen molar-refractivity contribution in [2.75, 3.05) is 13.2 Å². The Labute approximate surface area is 130 Å². The molecular formula is C16H23N3O3. The summed E-state index contributed by atoms with van der Waals surface area (Å²) in [5, 5.41) is 5.41. The number of primary amides is 1. The number of urea groups is 1. The van der Waals surface area contributed by atoms with E-state index < -0.39 is 11.4 Å². The summed E-state index contributed by atoms with van der Waals surface area (Å²) < 4.78 is 5.48. The summed E-state index contributed by atoms with van der Waals surface area (Å²) in [4.78, 5) is 23.4. The molecule has 0 aromatic heterocycles. The average molecular weight is 305 g/mol. The van der Waals surface area contributed by atoms with Gasteiger partial charge < -0.3 is 21.1 Å². The zero-order valence-corrected chi connectivity index (χ0v) is 12.6. The van der Waals surface area contributed by atoms with E-state index in [4.69, 9.17) is 10.5 Å². The molecular weight excluding hydrogens is 282 g/mol. The predicted octanol–water partition coefficient (Wildman–Crippen LogP) is 1.30. The van der Waals surface area contributed by atoms with Crippen LogP contribution in [0.3, 0.4) is 0 Å². The predicted molar refractivity (Wildman–Crippen MR) is 83.0 cm³/mol. The number of carbonyl (C=O) groups is 2. The molecule has 120 valence electrons. The standard InChI is InChI=1S/C16H23N3O3/c17-14(20)16(8-4-5-9-16)19-15(21)18-10-11-22-12-13-6-2-1-3-7-13/h1-3,6-7H,4-5,8-12H2,(H2,17,20)(H2,18,19,21). The minimum Gasteiger partial charge on any atom is -0.375 e. The van der Waals surface area contributed by atoms with Crippen LogP contribution in [-0.4, -0.2) is 30.6 Å². The van der Waals surface area contributed by atoms with Gasteiger partial charge in [-0.3, -0.25) is 4.79 Å². The van der Waals surface area contributed by atoms with Gasteiger partial charge in [0.05, 0.1) is 13.2 Å². The number of hydrogen-bond acceptors (Lipinski definition) is 3. The lowest BCUT2D eigenvalue weighted by Gasteiger charge is -2.26. The van der Waals surface area contributed by atoms with Gasteiger partial charge in [0.2, 0.25) is 5.91 Å². The summed E-state index contributed by atoms with van der Waals surface area (Å²) in [7, 11) is 0. The quantitative estimate of drug-likeness (QED) is 0.663. The van der Waals surface area contributed by atoms with E-state index in [1.165, 1.54) is 0 Å². The minimum absolute atomic E-state index is 0.371. The molecule has 1 aliphatic rings. The number of amides is 3. The van der Waals surface area contributed by atoms with Crippen molar-refractivity contribution in [3.8, 4) is 0 Å². The lowest BCUT2D eigenvalue weighted by Crippen LogP contribution is -2.58. The van der Waals surface area contributed by atoms with Crippen LogP contribution in [0.2, 0.25) is 0 Å². The van der Waals surface area contributed by atoms with E-state index in [2.05, 4.69) is 10.6 Å². The van der Waals surface area contributed by atoms with Gasteiger partial charge in [0.1, 0.15) is 5.54 Å². The smallest absolute Gasteiger partial charge is 0.315 e. The molecule has 1 aromatic rings. The van der Waals surface area contributed by atoms with Gasteiger partial charge >= 0.3 is 6.03 Å². The number of benzene rings is 1. The van der Waals surface area contributed by atoms with Crippen LogP contribution in [0.25, 0.3) is 0 Å². The van der Waals surface area contributed by atoms with Crippen molar-refractivity contribution in [1.29, 1.82) is 0 Å². The maximum Gasteiger partial charge on any atom is 0.315 e. The first-order chi connectivity index (χ1) is 10.6. The third-order valence-corrected chi connectivity index (χ3v) is 3.93. The van der Waals surface area contributed by atoms with Crippen LogP contribution >= 0.6 is 0 Å². The van der Waals surface area contributed by atoms with Gasteiger partial charge in [-0.05, 0) is 18.4 Å². The number of hydrogen-bond donors (Lipinski definition) is 3. The number of rotatable bonds is 7. The van der Waals surface area contributed by atoms with Crippen molar-refractivity contribution in [3.63, 3.8) is 0 Å². The van der Waals surface area contributed by atoms with Gasteiger partial charge in [0.25, 0.3) is 0 Å². The van der Waals surface area contributed by atoms with E-state index in [-0.39, 0.29) is 6.03 Å². The van der Waals surface area contributed by atoms with Gasteiger partial charge in [0, 0.05) is 6.54 Å². The molecule has 1 aliphatic carbocycles. The lowest BCUT2D eigenvalue weighted by molar-refractivity contribution is -0.123. The van der Waals surface area contributed by atoms with Crippen molar-refractivity contribution in [2.24, 2.45) is 5.73 Å². The zero-order valence-electron chi connectivity index (χ0n) is 12.6. The molecule has 0 radical (unpaired) electrons. The Morgan fingerprint density at radius 2 is 1.86 bits per heavy atom. The normalized spacial score (nSPS) is 16.2. The third-order valence-electron chi connectivity index (χ3n) is 3.93. The van der Waals surface area contributed by atoms with Gasteiger partial charge in [-0.15, -0.1) is 0 Å². The fourth-order valence-corrected chi connectivity index (χ4v) is 2.67. The van der Waals surface area contributed by atoms with Crippen LogP contribution in [0.15, 0.2) is 30.3 Å². The molecule has 1 aromatic carbocycles. The second-order valence-electron chi connectivity index (χ2n) is 5.57. The second-order valence-corrected chi connectivity index (χ2v) is 5.57. The van der Waals surface area contributed by atoms with E-state index in [0.29, 0.717) is 32.6 Å². The Morgan fingerprint density at radius 1 is 1.18 bits per heavy atom. The molecule has 1 saturated carbocycles. The molecule has 0 saturated heterocycles. The van der Waals surface area contributed by atoms with Gasteiger partial charge in [-0.1, -0.05) is 43.2 Å². The summed E-state index contributed by atoms with van der Waals surface area (Å²) in [5.74, 6) is -0.458. The van der Waals surface area contributed by atoms with Crippen molar-refractivity contribution in [3.05, 3.63) is 35.9 Å². The summed E-state index contributed by atoms with van der Waals surface area (Å²) in [5.41, 5.74) is 5.62. The van der Waals surface area contributed by atoms with E-state index in [0.717, 1.165) is 18.4 Å². The maximum atomic E-state index is 11.9. The summed E-state index contributed by atoms with van der Waals surface area (Å²) in [6.07, 6.45) is 3.04. The highest BCUT2D eigenvalue weighted by Crippen LogP contribution is 2.29. The number of carbonyl (C=O) groups excluding carboxylic acids is 2. The molecule has 3 amide bonds. The van der Waals surface area contributed by atoms with Crippen LogP contribution in [0.1, 0.15) is 31.2 Å². The topological polar surface area (TPSA) is 93.5 Å². The minimum atomic E-state index is -0.880. The first-order valence-electron chi connectivity index (χ1n) is 7.60.